The Kier molecular flexibility index (Phi) is 8.73. The van der Waals surface area contributed by atoms with Gasteiger partial charge in [-0.2, -0.15) is 0 Å². The molecule has 0 spiro atoms. The van der Waals surface area contributed by atoms with Crippen LogP contribution in [0.4, 0.5) is 11.4 Å². The number of halogens is 2. The molecule has 0 amide bonds. The third kappa shape index (κ3) is 5.90. The zero-order chi connectivity index (χ0) is 23.3. The van der Waals surface area contributed by atoms with Crippen LogP contribution >= 0.6 is 23.2 Å². The molecule has 32 heavy (non-hydrogen) atoms. The standard InChI is InChI=1S/C24H32Cl2N2O3S/c1-4-7-16(8-5-2)23-15-24(31-6-3)19-14-18(10-12-22(19)27-23)32(29,30)28-17-9-11-20(25)21(26)13-17/h9-14,16,23-24,27-28H,4-8,15H2,1-3H3. The molecule has 0 saturated heterocycles. The van der Waals surface area contributed by atoms with Crippen LogP contribution in [-0.4, -0.2) is 21.1 Å². The summed E-state index contributed by atoms with van der Waals surface area (Å²) < 4.78 is 34.7. The summed E-state index contributed by atoms with van der Waals surface area (Å²) in [6, 6.07) is 10.2. The third-order valence-electron chi connectivity index (χ3n) is 5.92. The minimum Gasteiger partial charge on any atom is -0.382 e. The third-order valence-corrected chi connectivity index (χ3v) is 8.03. The minimum absolute atomic E-state index is 0.141. The Balaban J connectivity index is 1.89. The average Bonchev–Trinajstić information content (AvgIpc) is 2.75. The first kappa shape index (κ1) is 25.2. The van der Waals surface area contributed by atoms with Crippen LogP contribution in [0.1, 0.15) is 64.5 Å². The van der Waals surface area contributed by atoms with Crippen LogP contribution in [0.15, 0.2) is 41.3 Å². The van der Waals surface area contributed by atoms with Gasteiger partial charge in [0.15, 0.2) is 0 Å². The molecule has 0 bridgehead atoms. The number of sulfonamides is 1. The van der Waals surface area contributed by atoms with Gasteiger partial charge in [0.05, 0.1) is 26.7 Å². The number of hydrogen-bond donors (Lipinski definition) is 2. The highest BCUT2D eigenvalue weighted by Crippen LogP contribution is 2.40. The monoisotopic (exact) mass is 498 g/mol. The summed E-state index contributed by atoms with van der Waals surface area (Å²) in [6.07, 6.45) is 5.31. The van der Waals surface area contributed by atoms with Crippen molar-refractivity contribution in [3.8, 4) is 0 Å². The van der Waals surface area contributed by atoms with Gasteiger partial charge in [0.2, 0.25) is 0 Å². The van der Waals surface area contributed by atoms with Gasteiger partial charge in [-0.1, -0.05) is 49.9 Å². The summed E-state index contributed by atoms with van der Waals surface area (Å²) in [4.78, 5) is 0.186. The van der Waals surface area contributed by atoms with Crippen molar-refractivity contribution >= 4 is 44.6 Å². The predicted octanol–water partition coefficient (Wildman–Crippen LogP) is 7.27. The number of benzene rings is 2. The van der Waals surface area contributed by atoms with E-state index in [4.69, 9.17) is 27.9 Å². The molecule has 0 aromatic heterocycles. The first-order chi connectivity index (χ1) is 15.3. The van der Waals surface area contributed by atoms with Crippen molar-refractivity contribution in [1.82, 2.24) is 0 Å². The Bertz CT molecular complexity index is 1020. The molecule has 2 unspecified atom stereocenters. The summed E-state index contributed by atoms with van der Waals surface area (Å²) in [7, 11) is -3.80. The quantitative estimate of drug-likeness (QED) is 0.361. The van der Waals surface area contributed by atoms with Crippen molar-refractivity contribution in [2.45, 2.75) is 69.9 Å². The topological polar surface area (TPSA) is 67.4 Å². The van der Waals surface area contributed by atoms with Gasteiger partial charge < -0.3 is 10.1 Å². The lowest BCUT2D eigenvalue weighted by Gasteiger charge is -2.37. The molecule has 176 valence electrons. The van der Waals surface area contributed by atoms with Gasteiger partial charge in [-0.3, -0.25) is 4.72 Å². The highest BCUT2D eigenvalue weighted by atomic mass is 35.5. The molecule has 1 heterocycles. The molecular weight excluding hydrogens is 467 g/mol. The molecule has 2 N–H and O–H groups in total. The van der Waals surface area contributed by atoms with E-state index < -0.39 is 10.0 Å². The zero-order valence-corrected chi connectivity index (χ0v) is 21.2. The van der Waals surface area contributed by atoms with E-state index in [0.29, 0.717) is 29.3 Å². The van der Waals surface area contributed by atoms with Crippen LogP contribution in [0.25, 0.3) is 0 Å². The number of rotatable bonds is 10. The van der Waals surface area contributed by atoms with Crippen LogP contribution in [0.2, 0.25) is 10.0 Å². The largest absolute Gasteiger partial charge is 0.382 e. The first-order valence-electron chi connectivity index (χ1n) is 11.3. The molecule has 0 fully saturated rings. The van der Waals surface area contributed by atoms with Crippen LogP contribution in [0.3, 0.4) is 0 Å². The summed E-state index contributed by atoms with van der Waals surface area (Å²) in [6.45, 7) is 6.98. The van der Waals surface area contributed by atoms with Crippen molar-refractivity contribution in [1.29, 1.82) is 0 Å². The van der Waals surface area contributed by atoms with Gasteiger partial charge >= 0.3 is 0 Å². The number of anilines is 2. The molecule has 0 saturated carbocycles. The van der Waals surface area contributed by atoms with E-state index in [1.807, 2.05) is 13.0 Å². The maximum atomic E-state index is 13.0. The second-order valence-electron chi connectivity index (χ2n) is 8.25. The van der Waals surface area contributed by atoms with E-state index >= 15 is 0 Å². The summed E-state index contributed by atoms with van der Waals surface area (Å²) in [5.41, 5.74) is 2.19. The van der Waals surface area contributed by atoms with E-state index in [1.54, 1.807) is 24.3 Å². The normalized spacial score (nSPS) is 18.3. The maximum absolute atomic E-state index is 13.0. The van der Waals surface area contributed by atoms with E-state index in [9.17, 15) is 8.42 Å². The minimum atomic E-state index is -3.80. The fourth-order valence-corrected chi connectivity index (χ4v) is 5.84. The van der Waals surface area contributed by atoms with Crippen LogP contribution in [0, 0.1) is 5.92 Å². The zero-order valence-electron chi connectivity index (χ0n) is 18.8. The van der Waals surface area contributed by atoms with Crippen molar-refractivity contribution in [3.63, 3.8) is 0 Å². The predicted molar refractivity (Wildman–Crippen MR) is 133 cm³/mol. The van der Waals surface area contributed by atoms with Gasteiger partial charge in [-0.05, 0) is 68.5 Å². The first-order valence-corrected chi connectivity index (χ1v) is 13.5. The van der Waals surface area contributed by atoms with Gasteiger partial charge in [0.25, 0.3) is 10.0 Å². The van der Waals surface area contributed by atoms with Gasteiger partial charge in [0, 0.05) is 23.9 Å². The second-order valence-corrected chi connectivity index (χ2v) is 10.7. The molecule has 2 aromatic rings. The number of nitrogens with one attached hydrogen (secondary N) is 2. The van der Waals surface area contributed by atoms with Crippen molar-refractivity contribution in [2.24, 2.45) is 5.92 Å². The Morgan fingerprint density at radius 2 is 1.78 bits per heavy atom. The van der Waals surface area contributed by atoms with Crippen LogP contribution < -0.4 is 10.0 Å². The van der Waals surface area contributed by atoms with E-state index in [1.165, 1.54) is 18.9 Å². The molecule has 5 nitrogen and oxygen atoms in total. The molecule has 0 radical (unpaired) electrons. The molecule has 3 rings (SSSR count). The van der Waals surface area contributed by atoms with Crippen LogP contribution in [-0.2, 0) is 14.8 Å². The SMILES string of the molecule is CCCC(CCC)C1CC(OCC)c2cc(S(=O)(=O)Nc3ccc(Cl)c(Cl)c3)ccc2N1. The van der Waals surface area contributed by atoms with Crippen molar-refractivity contribution < 1.29 is 13.2 Å². The van der Waals surface area contributed by atoms with Crippen molar-refractivity contribution in [2.75, 3.05) is 16.6 Å². The Morgan fingerprint density at radius 3 is 2.41 bits per heavy atom. The summed E-state index contributed by atoms with van der Waals surface area (Å²) in [5.74, 6) is 0.570. The Labute approximate surface area is 201 Å². The fraction of sp³-hybridized carbons (Fsp3) is 0.500. The molecule has 1 aliphatic rings. The number of hydrogen-bond acceptors (Lipinski definition) is 4. The van der Waals surface area contributed by atoms with E-state index in [-0.39, 0.29) is 16.0 Å². The second kappa shape index (κ2) is 11.1. The lowest BCUT2D eigenvalue weighted by atomic mass is 9.83. The number of ether oxygens (including phenoxy) is 1. The maximum Gasteiger partial charge on any atom is 0.261 e. The summed E-state index contributed by atoms with van der Waals surface area (Å²) in [5, 5.41) is 4.33. The van der Waals surface area contributed by atoms with Gasteiger partial charge in [-0.25, -0.2) is 8.42 Å². The lowest BCUT2D eigenvalue weighted by molar-refractivity contribution is 0.0441. The van der Waals surface area contributed by atoms with Crippen molar-refractivity contribution in [3.05, 3.63) is 52.0 Å². The average molecular weight is 500 g/mol. The highest BCUT2D eigenvalue weighted by molar-refractivity contribution is 7.92. The van der Waals surface area contributed by atoms with E-state index in [2.05, 4.69) is 23.9 Å². The molecule has 0 aliphatic carbocycles. The highest BCUT2D eigenvalue weighted by Gasteiger charge is 2.32. The Morgan fingerprint density at radius 1 is 1.06 bits per heavy atom. The molecule has 2 aromatic carbocycles. The number of fused-ring (bicyclic) bond motifs is 1. The van der Waals surface area contributed by atoms with E-state index in [0.717, 1.165) is 30.5 Å². The fourth-order valence-electron chi connectivity index (χ4n) is 4.45. The Hall–Kier alpha value is -1.47. The smallest absolute Gasteiger partial charge is 0.261 e. The van der Waals surface area contributed by atoms with Crippen LogP contribution in [0.5, 0.6) is 0 Å². The summed E-state index contributed by atoms with van der Waals surface area (Å²) >= 11 is 12.0. The van der Waals surface area contributed by atoms with Gasteiger partial charge in [-0.15, -0.1) is 0 Å². The molecular formula is C24H32Cl2N2O3S. The lowest BCUT2D eigenvalue weighted by Crippen LogP contribution is -2.36. The molecule has 8 heteroatoms. The molecule has 1 aliphatic heterocycles. The molecule has 2 atom stereocenters. The van der Waals surface area contributed by atoms with Gasteiger partial charge in [0.1, 0.15) is 0 Å².